The lowest BCUT2D eigenvalue weighted by molar-refractivity contribution is -0.0334. The highest BCUT2D eigenvalue weighted by Crippen LogP contribution is 2.42. The number of nitrogens with zero attached hydrogens (tertiary/aromatic N) is 1. The van der Waals surface area contributed by atoms with Crippen molar-refractivity contribution < 1.29 is 4.74 Å². The van der Waals surface area contributed by atoms with Crippen LogP contribution >= 0.6 is 0 Å². The van der Waals surface area contributed by atoms with Crippen LogP contribution in [0.15, 0.2) is 23.1 Å². The minimum atomic E-state index is 0.111. The molecule has 1 aromatic heterocycles. The summed E-state index contributed by atoms with van der Waals surface area (Å²) in [4.78, 5) is 12.6. The van der Waals surface area contributed by atoms with Crippen LogP contribution in [-0.4, -0.2) is 22.8 Å². The van der Waals surface area contributed by atoms with Crippen LogP contribution in [-0.2, 0) is 4.74 Å². The Morgan fingerprint density at radius 3 is 2.71 bits per heavy atom. The van der Waals surface area contributed by atoms with Crippen molar-refractivity contribution in [3.63, 3.8) is 0 Å². The summed E-state index contributed by atoms with van der Waals surface area (Å²) in [6.45, 7) is 5.02. The number of hydrogen-bond donors (Lipinski definition) is 1. The molecule has 4 heteroatoms. The average Bonchev–Trinajstić information content (AvgIpc) is 2.90. The largest absolute Gasteiger partial charge is 0.378 e. The summed E-state index contributed by atoms with van der Waals surface area (Å²) in [6, 6.07) is 4.45. The summed E-state index contributed by atoms with van der Waals surface area (Å²) in [7, 11) is 0. The second-order valence-corrected chi connectivity index (χ2v) is 6.80. The Hall–Kier alpha value is -1.29. The van der Waals surface area contributed by atoms with Crippen molar-refractivity contribution in [2.75, 3.05) is 11.9 Å². The molecule has 1 aliphatic carbocycles. The highest BCUT2D eigenvalue weighted by Gasteiger charge is 2.39. The van der Waals surface area contributed by atoms with Crippen molar-refractivity contribution in [1.29, 1.82) is 0 Å². The number of aromatic nitrogens is 1. The van der Waals surface area contributed by atoms with Gasteiger partial charge in [-0.2, -0.15) is 0 Å². The van der Waals surface area contributed by atoms with Crippen LogP contribution in [0.5, 0.6) is 0 Å². The number of rotatable bonds is 3. The molecule has 0 amide bonds. The fourth-order valence-corrected chi connectivity index (χ4v) is 3.77. The van der Waals surface area contributed by atoms with Crippen molar-refractivity contribution in [2.45, 2.75) is 70.1 Å². The van der Waals surface area contributed by atoms with Gasteiger partial charge in [0.15, 0.2) is 0 Å². The van der Waals surface area contributed by atoms with E-state index in [-0.39, 0.29) is 17.2 Å². The third-order valence-electron chi connectivity index (χ3n) is 4.86. The number of ether oxygens (including phenoxy) is 1. The standard InChI is InChI=1S/C17H26N2O2/c1-13(2)18-15-5-3-11-19(16(15)20)14-6-9-17(10-7-14)8-4-12-21-17/h3,5,11,13-14,18H,4,6-10,12H2,1-2H3. The molecule has 2 heterocycles. The molecule has 1 aliphatic heterocycles. The van der Waals surface area contributed by atoms with Crippen molar-refractivity contribution in [1.82, 2.24) is 4.57 Å². The Labute approximate surface area is 126 Å². The maximum atomic E-state index is 12.6. The van der Waals surface area contributed by atoms with Gasteiger partial charge in [0, 0.05) is 24.9 Å². The Morgan fingerprint density at radius 1 is 1.33 bits per heavy atom. The highest BCUT2D eigenvalue weighted by molar-refractivity contribution is 5.41. The van der Waals surface area contributed by atoms with Gasteiger partial charge in [0.1, 0.15) is 5.69 Å². The average molecular weight is 290 g/mol. The minimum Gasteiger partial charge on any atom is -0.378 e. The molecule has 3 rings (SSSR count). The SMILES string of the molecule is CC(C)Nc1cccn(C2CCC3(CCCO3)CC2)c1=O. The zero-order chi connectivity index (χ0) is 14.9. The van der Waals surface area contributed by atoms with E-state index in [2.05, 4.69) is 19.2 Å². The number of hydrogen-bond acceptors (Lipinski definition) is 3. The van der Waals surface area contributed by atoms with E-state index in [4.69, 9.17) is 4.74 Å². The third-order valence-corrected chi connectivity index (χ3v) is 4.86. The van der Waals surface area contributed by atoms with E-state index >= 15 is 0 Å². The van der Waals surface area contributed by atoms with Gasteiger partial charge in [0.25, 0.3) is 5.56 Å². The van der Waals surface area contributed by atoms with Crippen LogP contribution in [0, 0.1) is 0 Å². The maximum Gasteiger partial charge on any atom is 0.274 e. The van der Waals surface area contributed by atoms with Gasteiger partial charge in [-0.1, -0.05) is 0 Å². The lowest BCUT2D eigenvalue weighted by Gasteiger charge is -2.37. The summed E-state index contributed by atoms with van der Waals surface area (Å²) in [6.07, 6.45) is 8.60. The molecule has 0 atom stereocenters. The summed E-state index contributed by atoms with van der Waals surface area (Å²) in [5, 5.41) is 3.24. The van der Waals surface area contributed by atoms with E-state index in [9.17, 15) is 4.79 Å². The quantitative estimate of drug-likeness (QED) is 0.928. The Balaban J connectivity index is 1.74. The maximum absolute atomic E-state index is 12.6. The number of anilines is 1. The fourth-order valence-electron chi connectivity index (χ4n) is 3.77. The predicted octanol–water partition coefficient (Wildman–Crippen LogP) is 3.33. The molecule has 0 bridgehead atoms. The number of nitrogens with one attached hydrogen (secondary N) is 1. The molecule has 116 valence electrons. The van der Waals surface area contributed by atoms with E-state index in [0.717, 1.165) is 32.3 Å². The van der Waals surface area contributed by atoms with Crippen LogP contribution in [0.4, 0.5) is 5.69 Å². The number of pyridine rings is 1. The second-order valence-electron chi connectivity index (χ2n) is 6.80. The molecule has 0 unspecified atom stereocenters. The van der Waals surface area contributed by atoms with Crippen molar-refractivity contribution >= 4 is 5.69 Å². The summed E-state index contributed by atoms with van der Waals surface area (Å²) in [5.74, 6) is 0. The van der Waals surface area contributed by atoms with Gasteiger partial charge in [-0.05, 0) is 64.5 Å². The van der Waals surface area contributed by atoms with E-state index in [1.165, 1.54) is 12.8 Å². The molecule has 1 N–H and O–H groups in total. The van der Waals surface area contributed by atoms with Gasteiger partial charge in [-0.25, -0.2) is 0 Å². The molecule has 4 nitrogen and oxygen atoms in total. The van der Waals surface area contributed by atoms with Crippen molar-refractivity contribution in [2.24, 2.45) is 0 Å². The van der Waals surface area contributed by atoms with Crippen LogP contribution in [0.2, 0.25) is 0 Å². The van der Waals surface area contributed by atoms with E-state index in [0.29, 0.717) is 11.7 Å². The fraction of sp³-hybridized carbons (Fsp3) is 0.706. The monoisotopic (exact) mass is 290 g/mol. The smallest absolute Gasteiger partial charge is 0.274 e. The van der Waals surface area contributed by atoms with Crippen LogP contribution in [0.25, 0.3) is 0 Å². The topological polar surface area (TPSA) is 43.3 Å². The lowest BCUT2D eigenvalue weighted by atomic mass is 9.80. The van der Waals surface area contributed by atoms with Gasteiger partial charge in [-0.3, -0.25) is 4.79 Å². The van der Waals surface area contributed by atoms with Crippen molar-refractivity contribution in [3.8, 4) is 0 Å². The van der Waals surface area contributed by atoms with Crippen molar-refractivity contribution in [3.05, 3.63) is 28.7 Å². The molecular weight excluding hydrogens is 264 g/mol. The molecule has 1 aromatic rings. The summed E-state index contributed by atoms with van der Waals surface area (Å²) >= 11 is 0. The van der Waals surface area contributed by atoms with E-state index < -0.39 is 0 Å². The molecule has 1 saturated heterocycles. The zero-order valence-electron chi connectivity index (χ0n) is 13.1. The third kappa shape index (κ3) is 3.00. The van der Waals surface area contributed by atoms with Crippen LogP contribution < -0.4 is 10.9 Å². The van der Waals surface area contributed by atoms with Gasteiger partial charge >= 0.3 is 0 Å². The Bertz CT molecular complexity index is 534. The van der Waals surface area contributed by atoms with Crippen LogP contribution in [0.3, 0.4) is 0 Å². The second kappa shape index (κ2) is 5.84. The Morgan fingerprint density at radius 2 is 2.10 bits per heavy atom. The van der Waals surface area contributed by atoms with E-state index in [1.54, 1.807) is 0 Å². The molecule has 2 aliphatic rings. The minimum absolute atomic E-state index is 0.111. The van der Waals surface area contributed by atoms with Crippen LogP contribution in [0.1, 0.15) is 58.4 Å². The lowest BCUT2D eigenvalue weighted by Crippen LogP contribution is -2.37. The first-order chi connectivity index (χ1) is 10.1. The normalized spacial score (nSPS) is 29.2. The summed E-state index contributed by atoms with van der Waals surface area (Å²) in [5.41, 5.74) is 0.956. The first kappa shape index (κ1) is 14.6. The predicted molar refractivity (Wildman–Crippen MR) is 84.9 cm³/mol. The Kier molecular flexibility index (Phi) is 4.07. The first-order valence-corrected chi connectivity index (χ1v) is 8.21. The highest BCUT2D eigenvalue weighted by atomic mass is 16.5. The molecular formula is C17H26N2O2. The summed E-state index contributed by atoms with van der Waals surface area (Å²) < 4.78 is 7.90. The van der Waals surface area contributed by atoms with Gasteiger partial charge in [-0.15, -0.1) is 0 Å². The molecule has 1 saturated carbocycles. The molecule has 0 aromatic carbocycles. The first-order valence-electron chi connectivity index (χ1n) is 8.21. The van der Waals surface area contributed by atoms with E-state index in [1.807, 2.05) is 22.9 Å². The molecule has 21 heavy (non-hydrogen) atoms. The zero-order valence-corrected chi connectivity index (χ0v) is 13.1. The molecule has 1 spiro atoms. The van der Waals surface area contributed by atoms with Gasteiger partial charge in [0.05, 0.1) is 5.60 Å². The van der Waals surface area contributed by atoms with Gasteiger partial charge < -0.3 is 14.6 Å². The molecule has 2 fully saturated rings. The van der Waals surface area contributed by atoms with Gasteiger partial charge in [0.2, 0.25) is 0 Å². The molecule has 0 radical (unpaired) electrons.